The average molecular weight is 397 g/mol. The van der Waals surface area contributed by atoms with Gasteiger partial charge < -0.3 is 20.1 Å². The number of morpholine rings is 1. The molecule has 2 aliphatic heterocycles. The monoisotopic (exact) mass is 396 g/mol. The summed E-state index contributed by atoms with van der Waals surface area (Å²) in [6.45, 7) is 7.72. The van der Waals surface area contributed by atoms with Crippen LogP contribution in [0.1, 0.15) is 39.0 Å². The quantitative estimate of drug-likeness (QED) is 0.812. The van der Waals surface area contributed by atoms with Crippen LogP contribution < -0.4 is 15.5 Å². The number of amides is 2. The van der Waals surface area contributed by atoms with Crippen LogP contribution in [0.25, 0.3) is 0 Å². The number of nitrogens with one attached hydrogen (secondary N) is 2. The molecule has 0 aliphatic carbocycles. The molecule has 2 saturated heterocycles. The lowest BCUT2D eigenvalue weighted by molar-refractivity contribution is -0.117. The van der Waals surface area contributed by atoms with Gasteiger partial charge in [0.1, 0.15) is 17.5 Å². The first-order chi connectivity index (χ1) is 12.7. The lowest BCUT2D eigenvalue weighted by Gasteiger charge is -2.25. The number of alkyl carbamates (subject to hydrolysis) is 1. The van der Waals surface area contributed by atoms with Gasteiger partial charge >= 0.3 is 6.09 Å². The smallest absolute Gasteiger partial charge is 0.407 e. The second-order valence-electron chi connectivity index (χ2n) is 7.68. The Morgan fingerprint density at radius 3 is 2.89 bits per heavy atom. The van der Waals surface area contributed by atoms with Crippen molar-refractivity contribution in [3.8, 4) is 0 Å². The molecule has 2 amide bonds. The first kappa shape index (κ1) is 19.9. The lowest BCUT2D eigenvalue weighted by Crippen LogP contribution is -2.40. The number of hydrogen-bond donors (Lipinski definition) is 2. The van der Waals surface area contributed by atoms with E-state index in [1.165, 1.54) is 4.90 Å². The molecule has 0 aromatic carbocycles. The molecule has 3 heterocycles. The van der Waals surface area contributed by atoms with Crippen LogP contribution in [0.5, 0.6) is 0 Å². The van der Waals surface area contributed by atoms with Gasteiger partial charge in [-0.05, 0) is 32.9 Å². The molecule has 27 heavy (non-hydrogen) atoms. The molecule has 1 aromatic rings. The van der Waals surface area contributed by atoms with E-state index in [9.17, 15) is 9.59 Å². The molecule has 0 spiro atoms. The number of nitrogens with zero attached hydrogens (tertiary/aromatic N) is 2. The number of carbonyl (C=O) groups is 2. The molecule has 0 saturated carbocycles. The summed E-state index contributed by atoms with van der Waals surface area (Å²) in [7, 11) is 0. The zero-order valence-corrected chi connectivity index (χ0v) is 16.5. The van der Waals surface area contributed by atoms with Crippen molar-refractivity contribution < 1.29 is 19.1 Å². The maximum Gasteiger partial charge on any atom is 0.407 e. The zero-order valence-electron chi connectivity index (χ0n) is 15.8. The highest BCUT2D eigenvalue weighted by atomic mass is 35.5. The number of anilines is 1. The minimum Gasteiger partial charge on any atom is -0.444 e. The maximum atomic E-state index is 12.5. The van der Waals surface area contributed by atoms with E-state index in [4.69, 9.17) is 21.1 Å². The topological polar surface area (TPSA) is 92.8 Å². The number of rotatable bonds is 3. The van der Waals surface area contributed by atoms with Crippen molar-refractivity contribution in [2.45, 2.75) is 44.9 Å². The third-order valence-electron chi connectivity index (χ3n) is 4.18. The van der Waals surface area contributed by atoms with Gasteiger partial charge in [0.15, 0.2) is 0 Å². The molecule has 1 unspecified atom stereocenters. The van der Waals surface area contributed by atoms with Crippen molar-refractivity contribution in [1.82, 2.24) is 15.6 Å². The normalized spacial score (nSPS) is 23.4. The van der Waals surface area contributed by atoms with E-state index in [0.717, 1.165) is 6.54 Å². The number of pyridine rings is 1. The number of carbonyl (C=O) groups excluding carboxylic acids is 2. The van der Waals surface area contributed by atoms with Crippen LogP contribution in [0.4, 0.5) is 10.6 Å². The molecule has 0 bridgehead atoms. The number of halogens is 1. The van der Waals surface area contributed by atoms with Crippen LogP contribution in [0.3, 0.4) is 0 Å². The Kier molecular flexibility index (Phi) is 5.88. The average Bonchev–Trinajstić information content (AvgIpc) is 2.93. The Balaban J connectivity index is 1.70. The summed E-state index contributed by atoms with van der Waals surface area (Å²) in [6.07, 6.45) is -0.558. The number of aromatic nitrogens is 1. The van der Waals surface area contributed by atoms with Crippen molar-refractivity contribution in [2.75, 3.05) is 31.1 Å². The Morgan fingerprint density at radius 2 is 2.22 bits per heavy atom. The molecule has 2 atom stereocenters. The Morgan fingerprint density at radius 1 is 1.44 bits per heavy atom. The van der Waals surface area contributed by atoms with Gasteiger partial charge in [0.05, 0.1) is 18.3 Å². The minimum absolute atomic E-state index is 0.125. The predicted molar refractivity (Wildman–Crippen MR) is 101 cm³/mol. The minimum atomic E-state index is -0.593. The number of ether oxygens (including phenoxy) is 2. The van der Waals surface area contributed by atoms with Crippen LogP contribution in [0, 0.1) is 0 Å². The van der Waals surface area contributed by atoms with E-state index in [0.29, 0.717) is 36.2 Å². The van der Waals surface area contributed by atoms with Crippen molar-refractivity contribution >= 4 is 29.4 Å². The predicted octanol–water partition coefficient (Wildman–Crippen LogP) is 2.03. The summed E-state index contributed by atoms with van der Waals surface area (Å²) < 4.78 is 11.0. The molecular formula is C18H25ClN4O4. The van der Waals surface area contributed by atoms with Crippen LogP contribution in [-0.2, 0) is 14.3 Å². The Bertz CT molecular complexity index is 716. The van der Waals surface area contributed by atoms with Crippen molar-refractivity contribution in [1.29, 1.82) is 0 Å². The van der Waals surface area contributed by atoms with Gasteiger partial charge in [0.2, 0.25) is 5.91 Å². The summed E-state index contributed by atoms with van der Waals surface area (Å²) >= 11 is 6.25. The molecular weight excluding hydrogens is 372 g/mol. The van der Waals surface area contributed by atoms with Crippen LogP contribution in [-0.4, -0.2) is 54.9 Å². The van der Waals surface area contributed by atoms with Crippen molar-refractivity contribution in [2.24, 2.45) is 0 Å². The van der Waals surface area contributed by atoms with Gasteiger partial charge in [0.25, 0.3) is 0 Å². The largest absolute Gasteiger partial charge is 0.444 e. The Hall–Kier alpha value is -1.90. The van der Waals surface area contributed by atoms with Crippen molar-refractivity contribution in [3.05, 3.63) is 22.8 Å². The van der Waals surface area contributed by atoms with Gasteiger partial charge in [-0.25, -0.2) is 9.78 Å². The summed E-state index contributed by atoms with van der Waals surface area (Å²) in [5, 5.41) is 6.47. The summed E-state index contributed by atoms with van der Waals surface area (Å²) in [5.74, 6) is 0.338. The van der Waals surface area contributed by atoms with Gasteiger partial charge in [-0.2, -0.15) is 0 Å². The van der Waals surface area contributed by atoms with Crippen LogP contribution >= 0.6 is 11.6 Å². The van der Waals surface area contributed by atoms with Crippen LogP contribution in [0.2, 0.25) is 5.02 Å². The third-order valence-corrected chi connectivity index (χ3v) is 4.39. The van der Waals surface area contributed by atoms with Crippen LogP contribution in [0.15, 0.2) is 12.1 Å². The summed E-state index contributed by atoms with van der Waals surface area (Å²) in [4.78, 5) is 30.5. The molecule has 0 radical (unpaired) electrons. The van der Waals surface area contributed by atoms with E-state index in [2.05, 4.69) is 15.6 Å². The SMILES string of the molecule is CC(C)(C)OC(=O)N[C@@H]1CC(=O)N(c2cc(Cl)cc(C3CNCCO3)n2)C1. The second kappa shape index (κ2) is 8.00. The van der Waals surface area contributed by atoms with Gasteiger partial charge in [0, 0.05) is 31.1 Å². The first-order valence-electron chi connectivity index (χ1n) is 9.01. The zero-order chi connectivity index (χ0) is 19.6. The van der Waals surface area contributed by atoms with E-state index in [1.807, 2.05) is 0 Å². The third kappa shape index (κ3) is 5.31. The molecule has 2 fully saturated rings. The Labute approximate surface area is 163 Å². The molecule has 8 nitrogen and oxygen atoms in total. The van der Waals surface area contributed by atoms with Crippen molar-refractivity contribution in [3.63, 3.8) is 0 Å². The maximum absolute atomic E-state index is 12.5. The summed E-state index contributed by atoms with van der Waals surface area (Å²) in [5.41, 5.74) is 0.0881. The van der Waals surface area contributed by atoms with Gasteiger partial charge in [-0.1, -0.05) is 11.6 Å². The fourth-order valence-corrected chi connectivity index (χ4v) is 3.27. The molecule has 2 aliphatic rings. The highest BCUT2D eigenvalue weighted by Crippen LogP contribution is 2.27. The second-order valence-corrected chi connectivity index (χ2v) is 8.12. The van der Waals surface area contributed by atoms with E-state index >= 15 is 0 Å². The molecule has 148 valence electrons. The summed E-state index contributed by atoms with van der Waals surface area (Å²) in [6, 6.07) is 3.05. The molecule has 3 rings (SSSR count). The fourth-order valence-electron chi connectivity index (χ4n) is 3.06. The van der Waals surface area contributed by atoms with Gasteiger partial charge in [-0.3, -0.25) is 9.69 Å². The lowest BCUT2D eigenvalue weighted by atomic mass is 10.2. The molecule has 2 N–H and O–H groups in total. The highest BCUT2D eigenvalue weighted by Gasteiger charge is 2.34. The first-order valence-corrected chi connectivity index (χ1v) is 9.39. The van der Waals surface area contributed by atoms with E-state index in [1.54, 1.807) is 32.9 Å². The van der Waals surface area contributed by atoms with Gasteiger partial charge in [-0.15, -0.1) is 0 Å². The van der Waals surface area contributed by atoms with E-state index < -0.39 is 11.7 Å². The molecule has 9 heteroatoms. The standard InChI is InChI=1S/C18H25ClN4O4/c1-18(2,3)27-17(25)21-12-8-16(24)23(10-12)15-7-11(19)6-13(22-15)14-9-20-4-5-26-14/h6-7,12,14,20H,4-5,8-10H2,1-3H3,(H,21,25)/t12-,14?/m1/s1. The highest BCUT2D eigenvalue weighted by molar-refractivity contribution is 6.31. The van der Waals surface area contributed by atoms with E-state index in [-0.39, 0.29) is 24.5 Å². The molecule has 1 aromatic heterocycles. The number of hydrogen-bond acceptors (Lipinski definition) is 6. The fraction of sp³-hybridized carbons (Fsp3) is 0.611.